The smallest absolute Gasteiger partial charge is 0.343 e. The van der Waals surface area contributed by atoms with Gasteiger partial charge in [0.1, 0.15) is 11.3 Å². The minimum absolute atomic E-state index is 0.0839. The van der Waals surface area contributed by atoms with Crippen LogP contribution in [-0.4, -0.2) is 32.8 Å². The van der Waals surface area contributed by atoms with Crippen molar-refractivity contribution in [3.8, 4) is 5.75 Å². The van der Waals surface area contributed by atoms with Gasteiger partial charge in [0.05, 0.1) is 24.9 Å². The minimum Gasteiger partial charge on any atom is -0.481 e. The molecule has 0 amide bonds. The molecule has 0 aliphatic carbocycles. The summed E-state index contributed by atoms with van der Waals surface area (Å²) in [6.07, 6.45) is 0. The van der Waals surface area contributed by atoms with Crippen molar-refractivity contribution in [1.82, 2.24) is 0 Å². The van der Waals surface area contributed by atoms with Crippen molar-refractivity contribution in [3.63, 3.8) is 0 Å². The van der Waals surface area contributed by atoms with Crippen molar-refractivity contribution in [2.75, 3.05) is 26.6 Å². The Balaban J connectivity index is 3.04. The number of hydrogen-bond donors (Lipinski definition) is 1. The lowest BCUT2D eigenvalue weighted by Crippen LogP contribution is -2.15. The van der Waals surface area contributed by atoms with Gasteiger partial charge in [0, 0.05) is 6.07 Å². The maximum atomic E-state index is 11.5. The van der Waals surface area contributed by atoms with E-state index in [2.05, 4.69) is 9.47 Å². The molecular formula is C11H12ClNO5. The van der Waals surface area contributed by atoms with E-state index in [-0.39, 0.29) is 28.6 Å². The maximum absolute atomic E-state index is 11.5. The molecule has 0 heterocycles. The molecular weight excluding hydrogens is 262 g/mol. The summed E-state index contributed by atoms with van der Waals surface area (Å²) in [6.45, 7) is -0.346. The van der Waals surface area contributed by atoms with E-state index in [1.165, 1.54) is 26.4 Å². The first-order valence-electron chi connectivity index (χ1n) is 4.86. The van der Waals surface area contributed by atoms with Crippen LogP contribution in [0.25, 0.3) is 0 Å². The number of nitrogens with two attached hydrogens (primary N) is 1. The van der Waals surface area contributed by atoms with Gasteiger partial charge in [0.25, 0.3) is 0 Å². The second kappa shape index (κ2) is 6.11. The molecule has 18 heavy (non-hydrogen) atoms. The van der Waals surface area contributed by atoms with Crippen molar-refractivity contribution >= 4 is 29.2 Å². The van der Waals surface area contributed by atoms with Gasteiger partial charge < -0.3 is 19.9 Å². The Morgan fingerprint density at radius 3 is 2.50 bits per heavy atom. The van der Waals surface area contributed by atoms with E-state index in [9.17, 15) is 9.59 Å². The van der Waals surface area contributed by atoms with E-state index in [0.717, 1.165) is 0 Å². The summed E-state index contributed by atoms with van der Waals surface area (Å²) in [5.41, 5.74) is 5.90. The van der Waals surface area contributed by atoms with Gasteiger partial charge in [-0.1, -0.05) is 11.6 Å². The molecule has 1 rings (SSSR count). The van der Waals surface area contributed by atoms with Crippen LogP contribution in [0.3, 0.4) is 0 Å². The third-order valence-electron chi connectivity index (χ3n) is 2.08. The molecule has 0 fully saturated rings. The molecule has 0 unspecified atom stereocenters. The molecule has 1 aromatic carbocycles. The molecule has 1 aromatic rings. The molecule has 0 radical (unpaired) electrons. The van der Waals surface area contributed by atoms with Crippen LogP contribution >= 0.6 is 11.6 Å². The Morgan fingerprint density at radius 1 is 1.28 bits per heavy atom. The Bertz CT molecular complexity index is 475. The Morgan fingerprint density at radius 2 is 1.94 bits per heavy atom. The van der Waals surface area contributed by atoms with E-state index in [1.54, 1.807) is 0 Å². The quantitative estimate of drug-likeness (QED) is 0.656. The zero-order valence-corrected chi connectivity index (χ0v) is 10.6. The number of ether oxygens (including phenoxy) is 3. The van der Waals surface area contributed by atoms with Crippen LogP contribution in [0.5, 0.6) is 5.75 Å². The van der Waals surface area contributed by atoms with Gasteiger partial charge in [-0.3, -0.25) is 0 Å². The van der Waals surface area contributed by atoms with Crippen molar-refractivity contribution in [1.29, 1.82) is 0 Å². The largest absolute Gasteiger partial charge is 0.481 e. The highest BCUT2D eigenvalue weighted by Crippen LogP contribution is 2.29. The predicted molar refractivity (Wildman–Crippen MR) is 64.7 cm³/mol. The average molecular weight is 274 g/mol. The van der Waals surface area contributed by atoms with E-state index < -0.39 is 11.9 Å². The zero-order valence-electron chi connectivity index (χ0n) is 9.86. The molecule has 0 saturated carbocycles. The van der Waals surface area contributed by atoms with Crippen LogP contribution in [-0.2, 0) is 14.3 Å². The Labute approximate surface area is 109 Å². The third-order valence-corrected chi connectivity index (χ3v) is 2.40. The topological polar surface area (TPSA) is 87.9 Å². The molecule has 0 spiro atoms. The number of benzene rings is 1. The van der Waals surface area contributed by atoms with E-state index in [1.807, 2.05) is 0 Å². The number of esters is 2. The van der Waals surface area contributed by atoms with E-state index in [4.69, 9.17) is 22.1 Å². The number of hydrogen-bond acceptors (Lipinski definition) is 6. The number of carbonyl (C=O) groups excluding carboxylic acids is 2. The van der Waals surface area contributed by atoms with Gasteiger partial charge >= 0.3 is 11.9 Å². The summed E-state index contributed by atoms with van der Waals surface area (Å²) >= 11 is 5.80. The first-order valence-corrected chi connectivity index (χ1v) is 5.24. The van der Waals surface area contributed by atoms with Gasteiger partial charge in [-0.2, -0.15) is 0 Å². The van der Waals surface area contributed by atoms with Gasteiger partial charge in [-0.25, -0.2) is 9.59 Å². The van der Waals surface area contributed by atoms with Crippen LogP contribution in [0, 0.1) is 0 Å². The standard InChI is InChI=1S/C11H12ClNO5/c1-16-10(14)5-18-9-4-8(13)7(12)3-6(9)11(15)17-2/h3-4H,5,13H2,1-2H3. The molecule has 0 bridgehead atoms. The summed E-state index contributed by atoms with van der Waals surface area (Å²) in [4.78, 5) is 22.5. The Hall–Kier alpha value is -1.95. The summed E-state index contributed by atoms with van der Waals surface area (Å²) in [5.74, 6) is -1.12. The highest BCUT2D eigenvalue weighted by atomic mass is 35.5. The fourth-order valence-electron chi connectivity index (χ4n) is 1.15. The van der Waals surface area contributed by atoms with Gasteiger partial charge in [0.15, 0.2) is 6.61 Å². The SMILES string of the molecule is COC(=O)COc1cc(N)c(Cl)cc1C(=O)OC. The second-order valence-electron chi connectivity index (χ2n) is 3.23. The highest BCUT2D eigenvalue weighted by molar-refractivity contribution is 6.33. The van der Waals surface area contributed by atoms with Gasteiger partial charge in [-0.15, -0.1) is 0 Å². The normalized spacial score (nSPS) is 9.72. The molecule has 0 saturated heterocycles. The third kappa shape index (κ3) is 3.27. The van der Waals surface area contributed by atoms with Gasteiger partial charge in [-0.05, 0) is 6.07 Å². The number of anilines is 1. The second-order valence-corrected chi connectivity index (χ2v) is 3.63. The monoisotopic (exact) mass is 273 g/mol. The molecule has 0 aromatic heterocycles. The Kier molecular flexibility index (Phi) is 4.79. The number of rotatable bonds is 4. The van der Waals surface area contributed by atoms with Crippen LogP contribution in [0.2, 0.25) is 5.02 Å². The number of carbonyl (C=O) groups is 2. The number of methoxy groups -OCH3 is 2. The molecule has 98 valence electrons. The zero-order chi connectivity index (χ0) is 13.7. The van der Waals surface area contributed by atoms with Crippen LogP contribution in [0.15, 0.2) is 12.1 Å². The van der Waals surface area contributed by atoms with Crippen molar-refractivity contribution < 1.29 is 23.8 Å². The lowest BCUT2D eigenvalue weighted by atomic mass is 10.2. The van der Waals surface area contributed by atoms with Crippen molar-refractivity contribution in [3.05, 3.63) is 22.7 Å². The van der Waals surface area contributed by atoms with Crippen LogP contribution in [0.4, 0.5) is 5.69 Å². The van der Waals surface area contributed by atoms with E-state index >= 15 is 0 Å². The summed E-state index contributed by atoms with van der Waals surface area (Å²) in [7, 11) is 2.44. The molecule has 0 aliphatic heterocycles. The fourth-order valence-corrected chi connectivity index (χ4v) is 1.32. The molecule has 6 nitrogen and oxygen atoms in total. The molecule has 7 heteroatoms. The maximum Gasteiger partial charge on any atom is 0.343 e. The first kappa shape index (κ1) is 14.1. The minimum atomic E-state index is -0.642. The lowest BCUT2D eigenvalue weighted by Gasteiger charge is -2.11. The summed E-state index contributed by atoms with van der Waals surface area (Å²) < 4.78 is 14.1. The number of halogens is 1. The van der Waals surface area contributed by atoms with Crippen molar-refractivity contribution in [2.45, 2.75) is 0 Å². The highest BCUT2D eigenvalue weighted by Gasteiger charge is 2.17. The molecule has 0 atom stereocenters. The predicted octanol–water partition coefficient (Wildman–Crippen LogP) is 1.26. The first-order chi connectivity index (χ1) is 8.49. The van der Waals surface area contributed by atoms with Crippen molar-refractivity contribution in [2.24, 2.45) is 0 Å². The van der Waals surface area contributed by atoms with Crippen LogP contribution < -0.4 is 10.5 Å². The molecule has 0 aliphatic rings. The lowest BCUT2D eigenvalue weighted by molar-refractivity contribution is -0.142. The molecule has 2 N–H and O–H groups in total. The van der Waals surface area contributed by atoms with Crippen LogP contribution in [0.1, 0.15) is 10.4 Å². The average Bonchev–Trinajstić information content (AvgIpc) is 2.38. The summed E-state index contributed by atoms with van der Waals surface area (Å²) in [6, 6.07) is 2.66. The summed E-state index contributed by atoms with van der Waals surface area (Å²) in [5, 5.41) is 0.195. The fraction of sp³-hybridized carbons (Fsp3) is 0.273. The van der Waals surface area contributed by atoms with Gasteiger partial charge in [0.2, 0.25) is 0 Å². The van der Waals surface area contributed by atoms with E-state index in [0.29, 0.717) is 0 Å². The number of nitrogen functional groups attached to an aromatic ring is 1.